The van der Waals surface area contributed by atoms with Crippen molar-refractivity contribution in [1.82, 2.24) is 0 Å². The maximum atomic E-state index is 3.71. The van der Waals surface area contributed by atoms with Crippen LogP contribution >= 0.6 is 0 Å². The minimum absolute atomic E-state index is 0.796. The lowest BCUT2D eigenvalue weighted by atomic mass is 10.3. The van der Waals surface area contributed by atoms with Gasteiger partial charge >= 0.3 is 0 Å². The van der Waals surface area contributed by atoms with Gasteiger partial charge in [0.25, 0.3) is 0 Å². The van der Waals surface area contributed by atoms with Gasteiger partial charge in [-0.3, -0.25) is 4.99 Å². The SMILES string of the molecule is C=CN=CC(=C)C=C.CC. The quantitative estimate of drug-likeness (QED) is 0.419. The van der Waals surface area contributed by atoms with Crippen LogP contribution in [0.3, 0.4) is 0 Å². The number of allylic oxidation sites excluding steroid dienone is 2. The maximum Gasteiger partial charge on any atom is 0.0333 e. The molecule has 0 aromatic carbocycles. The molecule has 0 spiro atoms. The van der Waals surface area contributed by atoms with Crippen molar-refractivity contribution in [3.8, 4) is 0 Å². The van der Waals surface area contributed by atoms with Gasteiger partial charge in [0.15, 0.2) is 0 Å². The number of hydrogen-bond acceptors (Lipinski definition) is 1. The normalized spacial score (nSPS) is 7.80. The van der Waals surface area contributed by atoms with E-state index in [1.54, 1.807) is 12.3 Å². The molecule has 0 aromatic rings. The highest BCUT2D eigenvalue weighted by Crippen LogP contribution is 1.83. The van der Waals surface area contributed by atoms with E-state index < -0.39 is 0 Å². The van der Waals surface area contributed by atoms with Crippen LogP contribution in [0.4, 0.5) is 0 Å². The molecular weight excluding hydrogens is 122 g/mol. The van der Waals surface area contributed by atoms with Crippen LogP contribution in [0.2, 0.25) is 0 Å². The third kappa shape index (κ3) is 10.00. The van der Waals surface area contributed by atoms with Gasteiger partial charge in [0.1, 0.15) is 0 Å². The van der Waals surface area contributed by atoms with E-state index in [4.69, 9.17) is 0 Å². The molecule has 1 heteroatoms. The highest BCUT2D eigenvalue weighted by molar-refractivity contribution is 5.81. The number of hydrogen-bond donors (Lipinski definition) is 0. The zero-order chi connectivity index (χ0) is 8.41. The molecule has 0 radical (unpaired) electrons. The smallest absolute Gasteiger partial charge is 0.0333 e. The Bertz CT molecular complexity index is 132. The average molecular weight is 137 g/mol. The number of nitrogens with zero attached hydrogens (tertiary/aromatic N) is 1. The highest BCUT2D eigenvalue weighted by atomic mass is 14.6. The summed E-state index contributed by atoms with van der Waals surface area (Å²) in [6.45, 7) is 14.5. The molecule has 1 nitrogen and oxygen atoms in total. The number of aliphatic imine (C=N–C) groups is 1. The summed E-state index contributed by atoms with van der Waals surface area (Å²) in [6, 6.07) is 0. The van der Waals surface area contributed by atoms with Crippen molar-refractivity contribution in [2.45, 2.75) is 13.8 Å². The van der Waals surface area contributed by atoms with Gasteiger partial charge in [-0.2, -0.15) is 0 Å². The van der Waals surface area contributed by atoms with Crippen molar-refractivity contribution in [2.75, 3.05) is 0 Å². The van der Waals surface area contributed by atoms with E-state index in [-0.39, 0.29) is 0 Å². The molecule has 0 heterocycles. The molecule has 0 rings (SSSR count). The van der Waals surface area contributed by atoms with Gasteiger partial charge in [0, 0.05) is 12.4 Å². The Kier molecular flexibility index (Phi) is 12.6. The second-order valence-corrected chi connectivity index (χ2v) is 1.24. The molecule has 0 aliphatic rings. The molecule has 0 saturated heterocycles. The van der Waals surface area contributed by atoms with Crippen molar-refractivity contribution < 1.29 is 0 Å². The standard InChI is InChI=1S/C7H9N.C2H6/c1-4-7(3)6-8-5-2;1-2/h4-6H,1-3H2;1-2H3. The lowest BCUT2D eigenvalue weighted by Crippen LogP contribution is -1.71. The van der Waals surface area contributed by atoms with E-state index in [1.165, 1.54) is 6.20 Å². The van der Waals surface area contributed by atoms with Gasteiger partial charge in [0.2, 0.25) is 0 Å². The predicted octanol–water partition coefficient (Wildman–Crippen LogP) is 2.97. The number of rotatable bonds is 3. The summed E-state index contributed by atoms with van der Waals surface area (Å²) in [5, 5.41) is 0. The minimum Gasteiger partial charge on any atom is -0.265 e. The first kappa shape index (κ1) is 11.7. The van der Waals surface area contributed by atoms with Crippen LogP contribution in [0.25, 0.3) is 0 Å². The Morgan fingerprint density at radius 1 is 1.30 bits per heavy atom. The summed E-state index contributed by atoms with van der Waals surface area (Å²) in [5.41, 5.74) is 0.796. The molecule has 0 fully saturated rings. The molecule has 0 unspecified atom stereocenters. The molecule has 0 atom stereocenters. The summed E-state index contributed by atoms with van der Waals surface area (Å²) in [7, 11) is 0. The topological polar surface area (TPSA) is 12.4 Å². The van der Waals surface area contributed by atoms with Crippen LogP contribution in [0.15, 0.2) is 42.6 Å². The second kappa shape index (κ2) is 10.8. The Hall–Kier alpha value is -1.11. The molecule has 0 aliphatic carbocycles. The first-order chi connectivity index (χ1) is 4.81. The third-order valence-electron chi connectivity index (χ3n) is 0.608. The second-order valence-electron chi connectivity index (χ2n) is 1.24. The summed E-state index contributed by atoms with van der Waals surface area (Å²) in [4.78, 5) is 3.71. The highest BCUT2D eigenvalue weighted by Gasteiger charge is 1.71. The minimum atomic E-state index is 0.796. The Balaban J connectivity index is 0. The summed E-state index contributed by atoms with van der Waals surface area (Å²) in [5.74, 6) is 0. The van der Waals surface area contributed by atoms with Gasteiger partial charge in [-0.15, -0.1) is 0 Å². The fraction of sp³-hybridized carbons (Fsp3) is 0.222. The summed E-state index contributed by atoms with van der Waals surface area (Å²) in [6.07, 6.45) is 4.68. The average Bonchev–Trinajstić information content (AvgIpc) is 2.04. The third-order valence-corrected chi connectivity index (χ3v) is 0.608. The fourth-order valence-electron chi connectivity index (χ4n) is 0.201. The van der Waals surface area contributed by atoms with Crippen LogP contribution < -0.4 is 0 Å². The van der Waals surface area contributed by atoms with Crippen LogP contribution in [0.1, 0.15) is 13.8 Å². The van der Waals surface area contributed by atoms with E-state index in [1.807, 2.05) is 13.8 Å². The van der Waals surface area contributed by atoms with Crippen LogP contribution in [0, 0.1) is 0 Å². The molecule has 56 valence electrons. The Morgan fingerprint density at radius 2 is 1.80 bits per heavy atom. The van der Waals surface area contributed by atoms with Gasteiger partial charge in [-0.05, 0) is 5.57 Å². The first-order valence-corrected chi connectivity index (χ1v) is 3.26. The lowest BCUT2D eigenvalue weighted by molar-refractivity contribution is 1.50. The van der Waals surface area contributed by atoms with Gasteiger partial charge in [0.05, 0.1) is 0 Å². The largest absolute Gasteiger partial charge is 0.265 e. The van der Waals surface area contributed by atoms with Crippen molar-refractivity contribution in [2.24, 2.45) is 4.99 Å². The Labute approximate surface area is 63.5 Å². The van der Waals surface area contributed by atoms with Gasteiger partial charge in [-0.25, -0.2) is 0 Å². The fourth-order valence-corrected chi connectivity index (χ4v) is 0.201. The van der Waals surface area contributed by atoms with E-state index in [2.05, 4.69) is 24.7 Å². The van der Waals surface area contributed by atoms with Crippen molar-refractivity contribution in [3.63, 3.8) is 0 Å². The maximum absolute atomic E-state index is 3.71. The van der Waals surface area contributed by atoms with Gasteiger partial charge in [-0.1, -0.05) is 39.7 Å². The summed E-state index contributed by atoms with van der Waals surface area (Å²) < 4.78 is 0. The van der Waals surface area contributed by atoms with Crippen LogP contribution in [-0.2, 0) is 0 Å². The van der Waals surface area contributed by atoms with E-state index in [0.717, 1.165) is 5.57 Å². The molecular formula is C9H15N. The molecule has 10 heavy (non-hydrogen) atoms. The van der Waals surface area contributed by atoms with Crippen LogP contribution in [-0.4, -0.2) is 6.21 Å². The zero-order valence-corrected chi connectivity index (χ0v) is 6.80. The van der Waals surface area contributed by atoms with E-state index in [0.29, 0.717) is 0 Å². The predicted molar refractivity (Wildman–Crippen MR) is 49.4 cm³/mol. The molecule has 0 aromatic heterocycles. The van der Waals surface area contributed by atoms with Crippen molar-refractivity contribution in [1.29, 1.82) is 0 Å². The van der Waals surface area contributed by atoms with Gasteiger partial charge < -0.3 is 0 Å². The molecule has 0 N–H and O–H groups in total. The monoisotopic (exact) mass is 137 g/mol. The Morgan fingerprint density at radius 3 is 2.10 bits per heavy atom. The lowest BCUT2D eigenvalue weighted by Gasteiger charge is -1.80. The molecule has 0 amide bonds. The van der Waals surface area contributed by atoms with E-state index >= 15 is 0 Å². The van der Waals surface area contributed by atoms with E-state index in [9.17, 15) is 0 Å². The van der Waals surface area contributed by atoms with Crippen molar-refractivity contribution >= 4 is 6.21 Å². The summed E-state index contributed by atoms with van der Waals surface area (Å²) >= 11 is 0. The van der Waals surface area contributed by atoms with Crippen molar-refractivity contribution in [3.05, 3.63) is 37.6 Å². The zero-order valence-electron chi connectivity index (χ0n) is 6.80. The molecule has 0 bridgehead atoms. The first-order valence-electron chi connectivity index (χ1n) is 3.26. The van der Waals surface area contributed by atoms with Crippen LogP contribution in [0.5, 0.6) is 0 Å². The molecule has 0 aliphatic heterocycles. The molecule has 0 saturated carbocycles.